The molecule has 0 unspecified atom stereocenters. The summed E-state index contributed by atoms with van der Waals surface area (Å²) < 4.78 is 79.6. The number of hydrogen-bond acceptors (Lipinski definition) is 7. The summed E-state index contributed by atoms with van der Waals surface area (Å²) in [5.41, 5.74) is -0.708. The number of imide groups is 2. The van der Waals surface area contributed by atoms with E-state index in [4.69, 9.17) is 27.9 Å². The summed E-state index contributed by atoms with van der Waals surface area (Å²) >= 11 is 17.8. The van der Waals surface area contributed by atoms with Gasteiger partial charge in [-0.05, 0) is 49.3 Å². The summed E-state index contributed by atoms with van der Waals surface area (Å²) in [6, 6.07) is 12.1. The number of phenols is 1. The average molecular weight is 883 g/mol. The average Bonchev–Trinajstić information content (AvgIpc) is 3.52. The van der Waals surface area contributed by atoms with Crippen LogP contribution in [0.1, 0.15) is 42.7 Å². The SMILES string of the molecule is COc1cc(Br)cc([C@H]2C3=CC[C@@H]4C(=O)N(C5CCN(Cc6ccccc6)CC5)C(=O)[C@@H]4[C@@H]3C[C@@]3(Cl)C(=O)N(c4c(F)c(F)c(F)c(F)c4F)C(=O)[C@@]23Cl)c1O. The van der Waals surface area contributed by atoms with Gasteiger partial charge < -0.3 is 9.84 Å². The maximum absolute atomic E-state index is 15.4. The van der Waals surface area contributed by atoms with Crippen molar-refractivity contribution < 1.29 is 51.0 Å². The molecule has 4 fully saturated rings. The van der Waals surface area contributed by atoms with Crippen LogP contribution in [0.4, 0.5) is 27.6 Å². The van der Waals surface area contributed by atoms with Crippen LogP contribution in [0.3, 0.4) is 0 Å². The third kappa shape index (κ3) is 5.39. The Morgan fingerprint density at radius 3 is 2.12 bits per heavy atom. The second-order valence-corrected chi connectivity index (χ2v) is 16.9. The Morgan fingerprint density at radius 2 is 1.50 bits per heavy atom. The van der Waals surface area contributed by atoms with Crippen LogP contribution in [0, 0.1) is 46.8 Å². The molecule has 0 bridgehead atoms. The number of likely N-dealkylation sites (tertiary alicyclic amines) is 2. The van der Waals surface area contributed by atoms with Crippen LogP contribution in [0.15, 0.2) is 58.6 Å². The van der Waals surface area contributed by atoms with Gasteiger partial charge >= 0.3 is 0 Å². The van der Waals surface area contributed by atoms with Crippen molar-refractivity contribution in [2.75, 3.05) is 25.1 Å². The zero-order valence-electron chi connectivity index (χ0n) is 29.3. The van der Waals surface area contributed by atoms with E-state index < -0.39 is 110 Å². The number of piperidine rings is 1. The molecule has 5 aliphatic rings. The monoisotopic (exact) mass is 881 g/mol. The molecule has 9 nitrogen and oxygen atoms in total. The van der Waals surface area contributed by atoms with Gasteiger partial charge in [0.25, 0.3) is 11.8 Å². The van der Waals surface area contributed by atoms with E-state index in [2.05, 4.69) is 20.8 Å². The lowest BCUT2D eigenvalue weighted by Gasteiger charge is -2.50. The molecule has 0 radical (unpaired) electrons. The maximum atomic E-state index is 15.4. The lowest BCUT2D eigenvalue weighted by atomic mass is 9.56. The van der Waals surface area contributed by atoms with E-state index in [1.165, 1.54) is 24.1 Å². The number of alkyl halides is 2. The number of nitrogens with zero attached hydrogens (tertiary/aromatic N) is 3. The van der Waals surface area contributed by atoms with Crippen LogP contribution < -0.4 is 9.64 Å². The summed E-state index contributed by atoms with van der Waals surface area (Å²) in [5.74, 6) is -22.1. The highest BCUT2D eigenvalue weighted by Gasteiger charge is 2.77. The van der Waals surface area contributed by atoms with Crippen molar-refractivity contribution in [1.82, 2.24) is 9.80 Å². The minimum absolute atomic E-state index is 0.0153. The first kappa shape index (κ1) is 38.8. The van der Waals surface area contributed by atoms with Gasteiger partial charge in [0.15, 0.2) is 44.5 Å². The van der Waals surface area contributed by atoms with E-state index in [9.17, 15) is 37.5 Å². The smallest absolute Gasteiger partial charge is 0.258 e. The fourth-order valence-corrected chi connectivity index (χ4v) is 10.8. The maximum Gasteiger partial charge on any atom is 0.258 e. The van der Waals surface area contributed by atoms with Gasteiger partial charge in [-0.1, -0.05) is 57.9 Å². The van der Waals surface area contributed by atoms with E-state index in [1.807, 2.05) is 30.3 Å². The molecule has 6 atom stereocenters. The number of anilines is 1. The molecule has 3 aromatic rings. The van der Waals surface area contributed by atoms with E-state index in [1.54, 1.807) is 6.08 Å². The van der Waals surface area contributed by atoms with Crippen molar-refractivity contribution >= 4 is 68.4 Å². The van der Waals surface area contributed by atoms with Gasteiger partial charge in [0.1, 0.15) is 5.69 Å². The molecule has 3 aromatic carbocycles. The molecule has 0 aromatic heterocycles. The van der Waals surface area contributed by atoms with E-state index in [-0.39, 0.29) is 32.7 Å². The summed E-state index contributed by atoms with van der Waals surface area (Å²) in [6.45, 7) is 1.90. The third-order valence-corrected chi connectivity index (χ3v) is 13.9. The minimum atomic E-state index is -2.79. The fraction of sp³-hybridized carbons (Fsp3) is 0.385. The quantitative estimate of drug-likeness (QED) is 0.0705. The zero-order valence-corrected chi connectivity index (χ0v) is 32.4. The Labute approximate surface area is 335 Å². The number of ether oxygens (including phenoxy) is 1. The molecule has 1 N–H and O–H groups in total. The minimum Gasteiger partial charge on any atom is -0.504 e. The van der Waals surface area contributed by atoms with Crippen LogP contribution in [-0.2, 0) is 25.7 Å². The Morgan fingerprint density at radius 1 is 0.875 bits per heavy atom. The molecule has 4 amide bonds. The number of halogens is 8. The standard InChI is InChI=1S/C39H31BrCl2F5N3O6/c1-56-24-14-18(40)13-22(33(24)51)26-20-7-8-21-25(35(53)49(34(21)52)19-9-11-48(12-10-19)16-17-5-3-2-4-6-17)23(20)15-38(41)36(54)50(37(55)39(26,38)42)32-30(46)28(44)27(43)29(45)31(32)47/h2-7,13-14,19,21,23,25-26,51H,8-12,15-16H2,1H3/t21-,23+,25-,26+,38+,39-/m0/s1. The molecule has 294 valence electrons. The predicted molar refractivity (Wildman–Crippen MR) is 195 cm³/mol. The number of aromatic hydroxyl groups is 1. The number of carbonyl (C=O) groups is 4. The molecule has 17 heteroatoms. The van der Waals surface area contributed by atoms with Gasteiger partial charge in [-0.3, -0.25) is 29.0 Å². The Kier molecular flexibility index (Phi) is 9.57. The van der Waals surface area contributed by atoms with Crippen LogP contribution >= 0.6 is 39.1 Å². The number of carbonyl (C=O) groups excluding carboxylic acids is 4. The van der Waals surface area contributed by atoms with Crippen LogP contribution in [0.5, 0.6) is 11.5 Å². The molecule has 2 aliphatic carbocycles. The van der Waals surface area contributed by atoms with Crippen molar-refractivity contribution in [3.8, 4) is 11.5 Å². The summed E-state index contributed by atoms with van der Waals surface area (Å²) in [4.78, 5) is 55.5. The van der Waals surface area contributed by atoms with Gasteiger partial charge in [0.2, 0.25) is 17.6 Å². The lowest BCUT2D eigenvalue weighted by molar-refractivity contribution is -0.144. The van der Waals surface area contributed by atoms with Crippen molar-refractivity contribution in [2.24, 2.45) is 17.8 Å². The van der Waals surface area contributed by atoms with Gasteiger partial charge in [-0.2, -0.15) is 0 Å². The normalized spacial score (nSPS) is 29.4. The number of hydrogen-bond donors (Lipinski definition) is 1. The third-order valence-electron chi connectivity index (χ3n) is 12.0. The molecule has 56 heavy (non-hydrogen) atoms. The van der Waals surface area contributed by atoms with Crippen LogP contribution in [0.2, 0.25) is 0 Å². The van der Waals surface area contributed by atoms with E-state index in [0.29, 0.717) is 32.5 Å². The Hall–Kier alpha value is -4.05. The molecule has 8 rings (SSSR count). The Balaban J connectivity index is 1.21. The Bertz CT molecular complexity index is 2230. The van der Waals surface area contributed by atoms with Crippen LogP contribution in [0.25, 0.3) is 0 Å². The first-order chi connectivity index (χ1) is 26.6. The fourth-order valence-electron chi connectivity index (χ4n) is 9.44. The first-order valence-corrected chi connectivity index (χ1v) is 19.3. The molecule has 3 aliphatic heterocycles. The van der Waals surface area contributed by atoms with Crippen LogP contribution in [-0.4, -0.2) is 74.5 Å². The highest BCUT2D eigenvalue weighted by Crippen LogP contribution is 2.67. The first-order valence-electron chi connectivity index (χ1n) is 17.7. The van der Waals surface area contributed by atoms with Crippen molar-refractivity contribution in [3.05, 3.63) is 98.8 Å². The molecule has 0 spiro atoms. The summed E-state index contributed by atoms with van der Waals surface area (Å²) in [6.07, 6.45) is 1.92. The molecule has 3 saturated heterocycles. The zero-order chi connectivity index (χ0) is 40.2. The number of amides is 4. The lowest BCUT2D eigenvalue weighted by Crippen LogP contribution is -2.60. The van der Waals surface area contributed by atoms with Crippen molar-refractivity contribution in [1.29, 1.82) is 0 Å². The van der Waals surface area contributed by atoms with Crippen molar-refractivity contribution in [2.45, 2.75) is 53.9 Å². The number of fused-ring (bicyclic) bond motifs is 4. The summed E-state index contributed by atoms with van der Waals surface area (Å²) in [7, 11) is 1.24. The number of rotatable bonds is 6. The molecular weight excluding hydrogens is 852 g/mol. The van der Waals surface area contributed by atoms with Gasteiger partial charge in [0, 0.05) is 41.6 Å². The largest absolute Gasteiger partial charge is 0.504 e. The highest BCUT2D eigenvalue weighted by molar-refractivity contribution is 9.10. The van der Waals surface area contributed by atoms with Crippen molar-refractivity contribution in [3.63, 3.8) is 0 Å². The highest BCUT2D eigenvalue weighted by atomic mass is 79.9. The number of benzene rings is 3. The number of methoxy groups -OCH3 is 1. The topological polar surface area (TPSA) is 107 Å². The van der Waals surface area contributed by atoms with Gasteiger partial charge in [0.05, 0.1) is 18.9 Å². The number of phenolic OH excluding ortho intramolecular Hbond substituents is 1. The molecule has 1 saturated carbocycles. The predicted octanol–water partition coefficient (Wildman–Crippen LogP) is 7.09. The second-order valence-electron chi connectivity index (χ2n) is 14.8. The van der Waals surface area contributed by atoms with E-state index >= 15 is 8.78 Å². The molecular formula is C39H31BrCl2F5N3O6. The second kappa shape index (κ2) is 13.8. The van der Waals surface area contributed by atoms with Gasteiger partial charge in [-0.15, -0.1) is 23.2 Å². The summed E-state index contributed by atoms with van der Waals surface area (Å²) in [5, 5.41) is 11.5. The number of allylic oxidation sites excluding steroid dienone is 2. The van der Waals surface area contributed by atoms with E-state index in [0.717, 1.165) is 5.56 Å². The molecule has 3 heterocycles. The van der Waals surface area contributed by atoms with Gasteiger partial charge in [-0.25, -0.2) is 26.9 Å².